The van der Waals surface area contributed by atoms with Crippen molar-refractivity contribution in [3.63, 3.8) is 0 Å². The number of hydrogen-bond acceptors (Lipinski definition) is 6. The Morgan fingerprint density at radius 1 is 0.932 bits per heavy atom. The van der Waals surface area contributed by atoms with Crippen LogP contribution in [0.4, 0.5) is 4.39 Å². The summed E-state index contributed by atoms with van der Waals surface area (Å²) >= 11 is 0. The predicted molar refractivity (Wildman–Crippen MR) is 166 cm³/mol. The van der Waals surface area contributed by atoms with E-state index in [1.54, 1.807) is 31.4 Å². The minimum absolute atomic E-state index is 0.213. The highest BCUT2D eigenvalue weighted by molar-refractivity contribution is 5.73. The molecule has 7 nitrogen and oxygen atoms in total. The molecular formula is C36H32FNO6. The summed E-state index contributed by atoms with van der Waals surface area (Å²) in [7, 11) is 1.59. The number of aryl methyl sites for hydroxylation is 1. The van der Waals surface area contributed by atoms with Crippen LogP contribution in [0.5, 0.6) is 17.2 Å². The SMILES string of the molecule is COc1ccc(OCc2nc(-c3ccccc3)oc2C)c(/C=C/CCC(Oc2ccc(-c3ccc(F)cc3)cc2)C(=O)O)c1. The van der Waals surface area contributed by atoms with Gasteiger partial charge in [-0.25, -0.2) is 14.2 Å². The number of carbonyl (C=O) groups is 1. The zero-order valence-corrected chi connectivity index (χ0v) is 24.4. The third-order valence-electron chi connectivity index (χ3n) is 6.97. The Hall–Kier alpha value is -5.37. The highest BCUT2D eigenvalue weighted by atomic mass is 19.1. The van der Waals surface area contributed by atoms with Crippen LogP contribution in [0.1, 0.15) is 29.9 Å². The summed E-state index contributed by atoms with van der Waals surface area (Å²) in [4.78, 5) is 16.5. The maximum Gasteiger partial charge on any atom is 0.344 e. The van der Waals surface area contributed by atoms with Crippen LogP contribution < -0.4 is 14.2 Å². The number of oxazole rings is 1. The molecule has 5 aromatic rings. The standard InChI is InChI=1S/C36H32FNO6/c1-24-32(38-35(43-24)27-8-4-3-5-9-27)23-42-33-21-20-31(41-2)22-28(33)10-6-7-11-34(36(39)40)44-30-18-14-26(15-19-30)25-12-16-29(37)17-13-25/h3-6,8-10,12-22,34H,7,11,23H2,1-2H3,(H,39,40)/b10-6+. The van der Waals surface area contributed by atoms with E-state index in [1.807, 2.05) is 79.7 Å². The van der Waals surface area contributed by atoms with Gasteiger partial charge in [0.1, 0.15) is 41.1 Å². The third-order valence-corrected chi connectivity index (χ3v) is 6.97. The number of ether oxygens (including phenoxy) is 3. The molecule has 1 N–H and O–H groups in total. The van der Waals surface area contributed by atoms with Crippen molar-refractivity contribution in [3.8, 4) is 39.8 Å². The van der Waals surface area contributed by atoms with Gasteiger partial charge < -0.3 is 23.7 Å². The second kappa shape index (κ2) is 14.2. The summed E-state index contributed by atoms with van der Waals surface area (Å²) in [6, 6.07) is 28.4. The van der Waals surface area contributed by atoms with Gasteiger partial charge in [0.2, 0.25) is 5.89 Å². The number of allylic oxidation sites excluding steroid dienone is 1. The number of nitrogens with zero attached hydrogens (tertiary/aromatic N) is 1. The quantitative estimate of drug-likeness (QED) is 0.147. The van der Waals surface area contributed by atoms with Gasteiger partial charge in [-0.15, -0.1) is 0 Å². The maximum absolute atomic E-state index is 13.2. The lowest BCUT2D eigenvalue weighted by Gasteiger charge is -2.15. The molecule has 5 rings (SSSR count). The molecule has 0 bridgehead atoms. The summed E-state index contributed by atoms with van der Waals surface area (Å²) in [5.41, 5.74) is 4.09. The third kappa shape index (κ3) is 7.72. The van der Waals surface area contributed by atoms with Crippen LogP contribution in [0.25, 0.3) is 28.7 Å². The maximum atomic E-state index is 13.2. The molecule has 1 atom stereocenters. The average Bonchev–Trinajstić information content (AvgIpc) is 3.42. The van der Waals surface area contributed by atoms with Crippen molar-refractivity contribution in [1.82, 2.24) is 4.98 Å². The first kappa shape index (κ1) is 30.1. The van der Waals surface area contributed by atoms with Crippen molar-refractivity contribution >= 4 is 12.0 Å². The first-order chi connectivity index (χ1) is 21.4. The van der Waals surface area contributed by atoms with Gasteiger partial charge in [-0.1, -0.05) is 54.6 Å². The number of halogens is 1. The van der Waals surface area contributed by atoms with Gasteiger partial charge in [-0.05, 0) is 85.5 Å². The van der Waals surface area contributed by atoms with Crippen LogP contribution in [-0.2, 0) is 11.4 Å². The van der Waals surface area contributed by atoms with Gasteiger partial charge in [0.05, 0.1) is 7.11 Å². The molecule has 0 aliphatic rings. The molecule has 0 amide bonds. The fourth-order valence-corrected chi connectivity index (χ4v) is 4.55. The molecule has 1 unspecified atom stereocenters. The van der Waals surface area contributed by atoms with E-state index in [-0.39, 0.29) is 18.8 Å². The number of methoxy groups -OCH3 is 1. The van der Waals surface area contributed by atoms with Crippen LogP contribution in [0.2, 0.25) is 0 Å². The molecular weight excluding hydrogens is 561 g/mol. The molecule has 44 heavy (non-hydrogen) atoms. The average molecular weight is 594 g/mol. The van der Waals surface area contributed by atoms with E-state index in [0.717, 1.165) is 22.3 Å². The highest BCUT2D eigenvalue weighted by Crippen LogP contribution is 2.29. The molecule has 0 aliphatic carbocycles. The molecule has 0 aliphatic heterocycles. The largest absolute Gasteiger partial charge is 0.497 e. The minimum atomic E-state index is -1.05. The topological polar surface area (TPSA) is 91.0 Å². The van der Waals surface area contributed by atoms with Crippen LogP contribution in [0, 0.1) is 12.7 Å². The number of carboxylic acid groups (broad SMARTS) is 1. The van der Waals surface area contributed by atoms with Crippen molar-refractivity contribution < 1.29 is 32.9 Å². The van der Waals surface area contributed by atoms with Gasteiger partial charge in [-0.2, -0.15) is 0 Å². The van der Waals surface area contributed by atoms with Gasteiger partial charge in [0, 0.05) is 11.1 Å². The van der Waals surface area contributed by atoms with E-state index >= 15 is 0 Å². The Kier molecular flexibility index (Phi) is 9.71. The van der Waals surface area contributed by atoms with Crippen molar-refractivity contribution in [1.29, 1.82) is 0 Å². The number of rotatable bonds is 13. The summed E-state index contributed by atoms with van der Waals surface area (Å²) < 4.78 is 36.4. The zero-order chi connectivity index (χ0) is 30.9. The van der Waals surface area contributed by atoms with E-state index in [1.165, 1.54) is 12.1 Å². The van der Waals surface area contributed by atoms with Crippen LogP contribution in [0.3, 0.4) is 0 Å². The fourth-order valence-electron chi connectivity index (χ4n) is 4.55. The Balaban J connectivity index is 1.21. The monoisotopic (exact) mass is 593 g/mol. The van der Waals surface area contributed by atoms with E-state index in [9.17, 15) is 14.3 Å². The van der Waals surface area contributed by atoms with Crippen LogP contribution in [0.15, 0.2) is 108 Å². The zero-order valence-electron chi connectivity index (χ0n) is 24.4. The molecule has 0 radical (unpaired) electrons. The van der Waals surface area contributed by atoms with Crippen molar-refractivity contribution in [3.05, 3.63) is 126 Å². The fraction of sp³-hybridized carbons (Fsp3) is 0.167. The number of benzene rings is 4. The molecule has 1 aromatic heterocycles. The lowest BCUT2D eigenvalue weighted by molar-refractivity contribution is -0.145. The molecule has 0 saturated carbocycles. The van der Waals surface area contributed by atoms with Gasteiger partial charge in [0.25, 0.3) is 0 Å². The second-order valence-electron chi connectivity index (χ2n) is 10.0. The van der Waals surface area contributed by atoms with Crippen LogP contribution in [-0.4, -0.2) is 29.3 Å². The number of aromatic nitrogens is 1. The molecule has 8 heteroatoms. The smallest absolute Gasteiger partial charge is 0.344 e. The predicted octanol–water partition coefficient (Wildman–Crippen LogP) is 8.37. The van der Waals surface area contributed by atoms with Gasteiger partial charge in [-0.3, -0.25) is 0 Å². The van der Waals surface area contributed by atoms with Crippen molar-refractivity contribution in [2.45, 2.75) is 32.5 Å². The molecule has 0 spiro atoms. The summed E-state index contributed by atoms with van der Waals surface area (Å²) in [5.74, 6) is 1.59. The Labute approximate surface area is 255 Å². The number of carboxylic acids is 1. The van der Waals surface area contributed by atoms with Gasteiger partial charge >= 0.3 is 5.97 Å². The first-order valence-corrected chi connectivity index (χ1v) is 14.1. The van der Waals surface area contributed by atoms with Crippen molar-refractivity contribution in [2.75, 3.05) is 7.11 Å². The van der Waals surface area contributed by atoms with Crippen LogP contribution >= 0.6 is 0 Å². The number of aliphatic carboxylic acids is 1. The lowest BCUT2D eigenvalue weighted by Crippen LogP contribution is -2.26. The van der Waals surface area contributed by atoms with Crippen molar-refractivity contribution in [2.24, 2.45) is 0 Å². The minimum Gasteiger partial charge on any atom is -0.497 e. The molecule has 224 valence electrons. The Bertz CT molecular complexity index is 1710. The molecule has 0 saturated heterocycles. The first-order valence-electron chi connectivity index (χ1n) is 14.1. The van der Waals surface area contributed by atoms with E-state index in [0.29, 0.717) is 41.0 Å². The van der Waals surface area contributed by atoms with E-state index < -0.39 is 12.1 Å². The van der Waals surface area contributed by atoms with E-state index in [2.05, 4.69) is 4.98 Å². The van der Waals surface area contributed by atoms with Gasteiger partial charge in [0.15, 0.2) is 6.10 Å². The second-order valence-corrected chi connectivity index (χ2v) is 10.0. The Morgan fingerprint density at radius 2 is 1.61 bits per heavy atom. The summed E-state index contributed by atoms with van der Waals surface area (Å²) in [6.07, 6.45) is 3.43. The highest BCUT2D eigenvalue weighted by Gasteiger charge is 2.19. The summed E-state index contributed by atoms with van der Waals surface area (Å²) in [5, 5.41) is 9.76. The number of hydrogen-bond donors (Lipinski definition) is 1. The molecule has 1 heterocycles. The summed E-state index contributed by atoms with van der Waals surface area (Å²) in [6.45, 7) is 2.07. The molecule has 0 fully saturated rings. The lowest BCUT2D eigenvalue weighted by atomic mass is 10.1. The van der Waals surface area contributed by atoms with E-state index in [4.69, 9.17) is 18.6 Å². The molecule has 4 aromatic carbocycles. The Morgan fingerprint density at radius 3 is 2.30 bits per heavy atom. The normalized spacial score (nSPS) is 11.8.